The number of hydrogen-bond donors (Lipinski definition) is 1. The van der Waals surface area contributed by atoms with Crippen LogP contribution in [-0.4, -0.2) is 17.4 Å². The van der Waals surface area contributed by atoms with Crippen LogP contribution in [0.4, 0.5) is 11.4 Å². The van der Waals surface area contributed by atoms with Crippen molar-refractivity contribution in [3.05, 3.63) is 62.7 Å². The maximum atomic E-state index is 12.0. The molecule has 0 saturated carbocycles. The monoisotopic (exact) mass is 334 g/mol. The van der Waals surface area contributed by atoms with Gasteiger partial charge in [0, 0.05) is 11.1 Å². The SMILES string of the molecule is Cc1cccc(OCC(=O)Nc2ccc(Cl)cc2[N+](=O)[O-])c1C. The van der Waals surface area contributed by atoms with Gasteiger partial charge in [0.15, 0.2) is 6.61 Å². The van der Waals surface area contributed by atoms with Crippen molar-refractivity contribution >= 4 is 28.9 Å². The van der Waals surface area contributed by atoms with Gasteiger partial charge in [0.1, 0.15) is 11.4 Å². The topological polar surface area (TPSA) is 81.5 Å². The van der Waals surface area contributed by atoms with Crippen molar-refractivity contribution in [2.75, 3.05) is 11.9 Å². The molecule has 1 amide bonds. The van der Waals surface area contributed by atoms with E-state index in [9.17, 15) is 14.9 Å². The number of nitrogens with one attached hydrogen (secondary N) is 1. The van der Waals surface area contributed by atoms with E-state index in [0.717, 1.165) is 11.1 Å². The number of aryl methyl sites for hydroxylation is 1. The van der Waals surface area contributed by atoms with Crippen LogP contribution in [0.3, 0.4) is 0 Å². The van der Waals surface area contributed by atoms with Crippen molar-refractivity contribution < 1.29 is 14.5 Å². The molecule has 0 aromatic heterocycles. The first kappa shape index (κ1) is 16.8. The molecule has 0 saturated heterocycles. The zero-order valence-corrected chi connectivity index (χ0v) is 13.4. The lowest BCUT2D eigenvalue weighted by molar-refractivity contribution is -0.383. The number of rotatable bonds is 5. The summed E-state index contributed by atoms with van der Waals surface area (Å²) >= 11 is 5.73. The molecule has 2 aromatic carbocycles. The Morgan fingerprint density at radius 1 is 1.30 bits per heavy atom. The molecule has 0 fully saturated rings. The summed E-state index contributed by atoms with van der Waals surface area (Å²) in [4.78, 5) is 22.3. The summed E-state index contributed by atoms with van der Waals surface area (Å²) in [7, 11) is 0. The fourth-order valence-electron chi connectivity index (χ4n) is 1.97. The van der Waals surface area contributed by atoms with Gasteiger partial charge in [-0.3, -0.25) is 14.9 Å². The third kappa shape index (κ3) is 4.20. The molecule has 2 rings (SSSR count). The molecule has 0 heterocycles. The van der Waals surface area contributed by atoms with E-state index in [0.29, 0.717) is 5.75 Å². The van der Waals surface area contributed by atoms with Crippen molar-refractivity contribution in [1.82, 2.24) is 0 Å². The quantitative estimate of drug-likeness (QED) is 0.664. The lowest BCUT2D eigenvalue weighted by Crippen LogP contribution is -2.21. The Hall–Kier alpha value is -2.60. The number of benzene rings is 2. The normalized spacial score (nSPS) is 10.2. The van der Waals surface area contributed by atoms with Gasteiger partial charge in [0.05, 0.1) is 4.92 Å². The van der Waals surface area contributed by atoms with Gasteiger partial charge >= 0.3 is 0 Å². The average molecular weight is 335 g/mol. The van der Waals surface area contributed by atoms with Gasteiger partial charge in [0.25, 0.3) is 11.6 Å². The second kappa shape index (κ2) is 7.11. The van der Waals surface area contributed by atoms with Gasteiger partial charge in [-0.2, -0.15) is 0 Å². The molecule has 23 heavy (non-hydrogen) atoms. The maximum Gasteiger partial charge on any atom is 0.294 e. The molecule has 2 aromatic rings. The smallest absolute Gasteiger partial charge is 0.294 e. The summed E-state index contributed by atoms with van der Waals surface area (Å²) in [5, 5.41) is 13.7. The minimum atomic E-state index is -0.604. The molecule has 1 N–H and O–H groups in total. The van der Waals surface area contributed by atoms with Gasteiger partial charge < -0.3 is 10.1 Å². The number of halogens is 1. The molecule has 0 unspecified atom stereocenters. The van der Waals surface area contributed by atoms with E-state index in [1.54, 1.807) is 6.07 Å². The second-order valence-corrected chi connectivity index (χ2v) is 5.39. The van der Waals surface area contributed by atoms with Crippen LogP contribution in [-0.2, 0) is 4.79 Å². The molecule has 7 heteroatoms. The highest BCUT2D eigenvalue weighted by molar-refractivity contribution is 6.31. The van der Waals surface area contributed by atoms with E-state index in [4.69, 9.17) is 16.3 Å². The molecule has 0 bridgehead atoms. The number of nitrogens with zero attached hydrogens (tertiary/aromatic N) is 1. The zero-order valence-electron chi connectivity index (χ0n) is 12.6. The summed E-state index contributed by atoms with van der Waals surface area (Å²) in [5.74, 6) is 0.113. The van der Waals surface area contributed by atoms with Crippen molar-refractivity contribution in [2.24, 2.45) is 0 Å². The van der Waals surface area contributed by atoms with E-state index in [2.05, 4.69) is 5.32 Å². The zero-order chi connectivity index (χ0) is 17.0. The molecule has 0 aliphatic carbocycles. The molecule has 0 radical (unpaired) electrons. The van der Waals surface area contributed by atoms with Gasteiger partial charge in [-0.1, -0.05) is 23.7 Å². The van der Waals surface area contributed by atoms with E-state index in [-0.39, 0.29) is 23.0 Å². The molecule has 0 aliphatic rings. The first-order chi connectivity index (χ1) is 10.9. The predicted molar refractivity (Wildman–Crippen MR) is 88.1 cm³/mol. The largest absolute Gasteiger partial charge is 0.483 e. The first-order valence-electron chi connectivity index (χ1n) is 6.81. The summed E-state index contributed by atoms with van der Waals surface area (Å²) < 4.78 is 5.47. The van der Waals surface area contributed by atoms with Crippen LogP contribution in [0.1, 0.15) is 11.1 Å². The van der Waals surface area contributed by atoms with E-state index >= 15 is 0 Å². The van der Waals surface area contributed by atoms with Crippen LogP contribution in [0.5, 0.6) is 5.75 Å². The lowest BCUT2D eigenvalue weighted by Gasteiger charge is -2.11. The molecular weight excluding hydrogens is 320 g/mol. The molecule has 0 spiro atoms. The van der Waals surface area contributed by atoms with E-state index < -0.39 is 10.8 Å². The number of hydrogen-bond acceptors (Lipinski definition) is 4. The first-order valence-corrected chi connectivity index (χ1v) is 7.19. The lowest BCUT2D eigenvalue weighted by atomic mass is 10.1. The van der Waals surface area contributed by atoms with E-state index in [1.807, 2.05) is 26.0 Å². The average Bonchev–Trinajstić information content (AvgIpc) is 2.50. The number of anilines is 1. The Morgan fingerprint density at radius 3 is 2.74 bits per heavy atom. The number of nitro benzene ring substituents is 1. The third-order valence-electron chi connectivity index (χ3n) is 3.34. The molecular formula is C16H15ClN2O4. The van der Waals surface area contributed by atoms with Crippen LogP contribution in [0.25, 0.3) is 0 Å². The number of carbonyl (C=O) groups is 1. The van der Waals surface area contributed by atoms with Crippen molar-refractivity contribution in [1.29, 1.82) is 0 Å². The molecule has 0 atom stereocenters. The highest BCUT2D eigenvalue weighted by Crippen LogP contribution is 2.27. The van der Waals surface area contributed by atoms with Crippen LogP contribution in [0.15, 0.2) is 36.4 Å². The second-order valence-electron chi connectivity index (χ2n) is 4.95. The maximum absolute atomic E-state index is 12.0. The standard InChI is InChI=1S/C16H15ClN2O4/c1-10-4-3-5-15(11(10)2)23-9-16(20)18-13-7-6-12(17)8-14(13)19(21)22/h3-8H,9H2,1-2H3,(H,18,20). The number of ether oxygens (including phenoxy) is 1. The molecule has 6 nitrogen and oxygen atoms in total. The van der Waals surface area contributed by atoms with Crippen LogP contribution >= 0.6 is 11.6 Å². The Bertz CT molecular complexity index is 762. The van der Waals surface area contributed by atoms with Crippen molar-refractivity contribution in [2.45, 2.75) is 13.8 Å². The van der Waals surface area contributed by atoms with Crippen molar-refractivity contribution in [3.8, 4) is 5.75 Å². The Kier molecular flexibility index (Phi) is 5.18. The summed E-state index contributed by atoms with van der Waals surface area (Å²) in [6.07, 6.45) is 0. The van der Waals surface area contributed by atoms with Gasteiger partial charge in [-0.25, -0.2) is 0 Å². The highest BCUT2D eigenvalue weighted by Gasteiger charge is 2.17. The van der Waals surface area contributed by atoms with Gasteiger partial charge in [-0.15, -0.1) is 0 Å². The van der Waals surface area contributed by atoms with Crippen LogP contribution in [0.2, 0.25) is 5.02 Å². The highest BCUT2D eigenvalue weighted by atomic mass is 35.5. The predicted octanol–water partition coefficient (Wildman–Crippen LogP) is 3.88. The van der Waals surface area contributed by atoms with Crippen LogP contribution in [0, 0.1) is 24.0 Å². The van der Waals surface area contributed by atoms with E-state index in [1.165, 1.54) is 18.2 Å². The Morgan fingerprint density at radius 2 is 2.04 bits per heavy atom. The van der Waals surface area contributed by atoms with Gasteiger partial charge in [0.2, 0.25) is 0 Å². The number of carbonyl (C=O) groups excluding carboxylic acids is 1. The fraction of sp³-hybridized carbons (Fsp3) is 0.188. The summed E-state index contributed by atoms with van der Waals surface area (Å²) in [5.41, 5.74) is 1.81. The molecule has 120 valence electrons. The minimum Gasteiger partial charge on any atom is -0.483 e. The number of amides is 1. The van der Waals surface area contributed by atoms with Crippen molar-refractivity contribution in [3.63, 3.8) is 0 Å². The Balaban J connectivity index is 2.06. The summed E-state index contributed by atoms with van der Waals surface area (Å²) in [6.45, 7) is 3.59. The third-order valence-corrected chi connectivity index (χ3v) is 3.58. The minimum absolute atomic E-state index is 0.0777. The molecule has 0 aliphatic heterocycles. The fourth-order valence-corrected chi connectivity index (χ4v) is 2.14. The van der Waals surface area contributed by atoms with Gasteiger partial charge in [-0.05, 0) is 43.2 Å². The Labute approximate surface area is 138 Å². The van der Waals surface area contributed by atoms with Crippen LogP contribution < -0.4 is 10.1 Å². The number of nitro groups is 1. The summed E-state index contributed by atoms with van der Waals surface area (Å²) in [6, 6.07) is 9.58.